The van der Waals surface area contributed by atoms with Crippen LogP contribution in [0.2, 0.25) is 0 Å². The molecule has 0 saturated carbocycles. The number of aromatic nitrogens is 2. The van der Waals surface area contributed by atoms with Crippen LogP contribution in [0, 0.1) is 13.8 Å². The molecule has 0 aliphatic carbocycles. The Hall–Kier alpha value is -2.97. The van der Waals surface area contributed by atoms with Crippen LogP contribution in [0.5, 0.6) is 0 Å². The number of thioether (sulfide) groups is 1. The summed E-state index contributed by atoms with van der Waals surface area (Å²) in [7, 11) is 0. The van der Waals surface area contributed by atoms with E-state index in [-0.39, 0.29) is 11.5 Å². The van der Waals surface area contributed by atoms with Crippen molar-refractivity contribution in [2.75, 3.05) is 11.9 Å². The summed E-state index contributed by atoms with van der Waals surface area (Å²) < 4.78 is 2.01. The zero-order chi connectivity index (χ0) is 23.5. The Labute approximate surface area is 202 Å². The van der Waals surface area contributed by atoms with E-state index in [0.717, 1.165) is 29.5 Å². The molecule has 3 heterocycles. The number of hydrogen-bond donors (Lipinski definition) is 1. The average Bonchev–Trinajstić information content (AvgIpc) is 3.06. The van der Waals surface area contributed by atoms with E-state index in [1.165, 1.54) is 16.2 Å². The van der Waals surface area contributed by atoms with E-state index in [1.54, 1.807) is 17.2 Å². The molecule has 4 rings (SSSR count). The van der Waals surface area contributed by atoms with Gasteiger partial charge in [0.05, 0.1) is 17.0 Å². The maximum absolute atomic E-state index is 13.4. The number of hydrogen-bond acceptors (Lipinski definition) is 6. The Morgan fingerprint density at radius 3 is 2.64 bits per heavy atom. The Balaban J connectivity index is 1.72. The van der Waals surface area contributed by atoms with Crippen LogP contribution in [-0.4, -0.2) is 31.1 Å². The molecule has 3 aromatic rings. The van der Waals surface area contributed by atoms with Gasteiger partial charge in [-0.2, -0.15) is 0 Å². The number of amides is 1. The lowest BCUT2D eigenvalue weighted by atomic mass is 10.1. The Morgan fingerprint density at radius 2 is 1.91 bits per heavy atom. The number of carbonyl (C=O) groups is 1. The van der Waals surface area contributed by atoms with Gasteiger partial charge in [-0.1, -0.05) is 73.2 Å². The molecule has 1 aliphatic rings. The predicted molar refractivity (Wildman–Crippen MR) is 139 cm³/mol. The Morgan fingerprint density at radius 1 is 1.15 bits per heavy atom. The minimum atomic E-state index is -0.216. The molecule has 1 aliphatic heterocycles. The van der Waals surface area contributed by atoms with Gasteiger partial charge >= 0.3 is 0 Å². The zero-order valence-corrected chi connectivity index (χ0v) is 20.6. The first kappa shape index (κ1) is 23.2. The number of aryl methyl sites for hydroxylation is 2. The number of thiocarbonyl (C=S) groups is 1. The second kappa shape index (κ2) is 9.89. The second-order valence-electron chi connectivity index (χ2n) is 8.10. The standard InChI is InChI=1S/C25H26N4O2S2/c1-4-5-12-26-21-19(23(30)28-13-6-7-17(3)22(28)27-21)14-20-24(31)29(25(32)33-20)15-18-10-8-16(2)9-11-18/h6-11,13-14,26H,4-5,12,15H2,1-3H3/b20-14-. The van der Waals surface area contributed by atoms with Crippen LogP contribution in [-0.2, 0) is 11.3 Å². The zero-order valence-electron chi connectivity index (χ0n) is 18.9. The number of fused-ring (bicyclic) bond motifs is 1. The molecule has 0 bridgehead atoms. The average molecular weight is 479 g/mol. The van der Waals surface area contributed by atoms with Crippen LogP contribution >= 0.6 is 24.0 Å². The number of nitrogens with zero attached hydrogens (tertiary/aromatic N) is 3. The lowest BCUT2D eigenvalue weighted by Gasteiger charge is -2.14. The highest BCUT2D eigenvalue weighted by Crippen LogP contribution is 2.34. The molecule has 1 N–H and O–H groups in total. The first-order valence-electron chi connectivity index (χ1n) is 11.0. The van der Waals surface area contributed by atoms with Crippen LogP contribution < -0.4 is 10.9 Å². The van der Waals surface area contributed by atoms with Gasteiger partial charge in [0.25, 0.3) is 11.5 Å². The molecular weight excluding hydrogens is 452 g/mol. The number of unbranched alkanes of at least 4 members (excludes halogenated alkanes) is 1. The number of pyridine rings is 1. The topological polar surface area (TPSA) is 66.7 Å². The third-order valence-corrected chi connectivity index (χ3v) is 6.90. The molecule has 1 fully saturated rings. The summed E-state index contributed by atoms with van der Waals surface area (Å²) >= 11 is 6.71. The first-order valence-corrected chi connectivity index (χ1v) is 12.2. The van der Waals surface area contributed by atoms with Gasteiger partial charge in [0.1, 0.15) is 15.8 Å². The van der Waals surface area contributed by atoms with Crippen molar-refractivity contribution < 1.29 is 4.79 Å². The minimum Gasteiger partial charge on any atom is -0.369 e. The SMILES string of the molecule is CCCCNc1nc2c(C)cccn2c(=O)c1/C=C1\SC(=S)N(Cc2ccc(C)cc2)C1=O. The molecule has 1 saturated heterocycles. The van der Waals surface area contributed by atoms with Gasteiger partial charge in [0.2, 0.25) is 0 Å². The van der Waals surface area contributed by atoms with E-state index in [1.807, 2.05) is 50.2 Å². The number of benzene rings is 1. The van der Waals surface area contributed by atoms with Gasteiger partial charge in [-0.3, -0.25) is 18.9 Å². The van der Waals surface area contributed by atoms with Crippen LogP contribution in [0.3, 0.4) is 0 Å². The molecular formula is C25H26N4O2S2. The van der Waals surface area contributed by atoms with Crippen molar-refractivity contribution in [2.24, 2.45) is 0 Å². The normalized spacial score (nSPS) is 15.1. The van der Waals surface area contributed by atoms with Crippen molar-refractivity contribution in [3.05, 3.63) is 80.1 Å². The third kappa shape index (κ3) is 4.86. The molecule has 0 unspecified atom stereocenters. The highest BCUT2D eigenvalue weighted by molar-refractivity contribution is 8.26. The van der Waals surface area contributed by atoms with Crippen LogP contribution in [0.15, 0.2) is 52.3 Å². The van der Waals surface area contributed by atoms with Crippen molar-refractivity contribution in [1.82, 2.24) is 14.3 Å². The molecule has 6 nitrogen and oxygen atoms in total. The monoisotopic (exact) mass is 478 g/mol. The molecule has 0 radical (unpaired) electrons. The van der Waals surface area contributed by atoms with Crippen molar-refractivity contribution in [3.8, 4) is 0 Å². The fourth-order valence-electron chi connectivity index (χ4n) is 3.60. The number of nitrogens with one attached hydrogen (secondary N) is 1. The molecule has 2 aromatic heterocycles. The van der Waals surface area contributed by atoms with Gasteiger partial charge in [0, 0.05) is 12.7 Å². The quantitative estimate of drug-likeness (QED) is 0.295. The maximum atomic E-state index is 13.4. The molecule has 0 atom stereocenters. The van der Waals surface area contributed by atoms with Crippen molar-refractivity contribution in [2.45, 2.75) is 40.2 Å². The fourth-order valence-corrected chi connectivity index (χ4v) is 4.84. The van der Waals surface area contributed by atoms with Gasteiger partial charge in [0.15, 0.2) is 0 Å². The van der Waals surface area contributed by atoms with E-state index in [0.29, 0.717) is 39.3 Å². The number of rotatable bonds is 7. The lowest BCUT2D eigenvalue weighted by molar-refractivity contribution is -0.122. The van der Waals surface area contributed by atoms with Crippen LogP contribution in [0.25, 0.3) is 11.7 Å². The van der Waals surface area contributed by atoms with Crippen LogP contribution in [0.1, 0.15) is 42.0 Å². The summed E-state index contributed by atoms with van der Waals surface area (Å²) in [6, 6.07) is 11.8. The van der Waals surface area contributed by atoms with Gasteiger partial charge in [-0.25, -0.2) is 4.98 Å². The highest BCUT2D eigenvalue weighted by Gasteiger charge is 2.32. The van der Waals surface area contributed by atoms with Crippen molar-refractivity contribution in [3.63, 3.8) is 0 Å². The van der Waals surface area contributed by atoms with Crippen molar-refractivity contribution in [1.29, 1.82) is 0 Å². The van der Waals surface area contributed by atoms with E-state index >= 15 is 0 Å². The summed E-state index contributed by atoms with van der Waals surface area (Å²) in [5, 5.41) is 3.29. The second-order valence-corrected chi connectivity index (χ2v) is 9.77. The summed E-state index contributed by atoms with van der Waals surface area (Å²) in [5.74, 6) is 0.297. The smallest absolute Gasteiger partial charge is 0.267 e. The maximum Gasteiger partial charge on any atom is 0.267 e. The molecule has 0 spiro atoms. The first-order chi connectivity index (χ1) is 15.9. The largest absolute Gasteiger partial charge is 0.369 e. The van der Waals surface area contributed by atoms with E-state index in [9.17, 15) is 9.59 Å². The molecule has 8 heteroatoms. The Bertz CT molecular complexity index is 1310. The van der Waals surface area contributed by atoms with Crippen LogP contribution in [0.4, 0.5) is 5.82 Å². The third-order valence-electron chi connectivity index (χ3n) is 5.52. The highest BCUT2D eigenvalue weighted by atomic mass is 32.2. The summed E-state index contributed by atoms with van der Waals surface area (Å²) in [4.78, 5) is 33.3. The van der Waals surface area contributed by atoms with Gasteiger partial charge in [-0.15, -0.1) is 0 Å². The Kier molecular flexibility index (Phi) is 6.95. The lowest BCUT2D eigenvalue weighted by Crippen LogP contribution is -2.27. The summed E-state index contributed by atoms with van der Waals surface area (Å²) in [6.45, 7) is 7.15. The van der Waals surface area contributed by atoms with Crippen molar-refractivity contribution >= 4 is 51.7 Å². The summed E-state index contributed by atoms with van der Waals surface area (Å²) in [5.41, 5.74) is 3.82. The fraction of sp³-hybridized carbons (Fsp3) is 0.280. The molecule has 33 heavy (non-hydrogen) atoms. The predicted octanol–water partition coefficient (Wildman–Crippen LogP) is 4.92. The number of carbonyl (C=O) groups excluding carboxylic acids is 1. The molecule has 170 valence electrons. The molecule has 1 aromatic carbocycles. The minimum absolute atomic E-state index is 0.196. The summed E-state index contributed by atoms with van der Waals surface area (Å²) in [6.07, 6.45) is 5.30. The van der Waals surface area contributed by atoms with E-state index < -0.39 is 0 Å². The van der Waals surface area contributed by atoms with Gasteiger partial charge in [-0.05, 0) is 43.5 Å². The van der Waals surface area contributed by atoms with Gasteiger partial charge < -0.3 is 5.32 Å². The number of anilines is 1. The van der Waals surface area contributed by atoms with E-state index in [2.05, 4.69) is 12.2 Å². The van der Waals surface area contributed by atoms with E-state index in [4.69, 9.17) is 17.2 Å². The molecule has 1 amide bonds.